The van der Waals surface area contributed by atoms with E-state index in [0.29, 0.717) is 24.2 Å². The van der Waals surface area contributed by atoms with E-state index in [4.69, 9.17) is 16.2 Å². The minimum atomic E-state index is -1.03. The van der Waals surface area contributed by atoms with Crippen molar-refractivity contribution in [2.75, 3.05) is 11.4 Å². The van der Waals surface area contributed by atoms with Crippen LogP contribution in [-0.4, -0.2) is 41.3 Å². The number of aliphatic carboxylic acids is 1. The molecule has 1 aliphatic rings. The summed E-state index contributed by atoms with van der Waals surface area (Å²) in [6.07, 6.45) is 1.66. The number of carbonyl (C=O) groups excluding carboxylic acids is 2. The standard InChI is InChI=1S/C18H22N4O4/c1-2-13(10-16(24)25)21-15(23)9-12-7-8-22(18(12)26)14-5-3-11(4-6-14)17(19)20/h2-6,12-13H,1,7-10H2,(H3,19,20)(H,21,23)(H,24,25)/t12?,13-/m1/s1. The Morgan fingerprint density at radius 1 is 1.42 bits per heavy atom. The van der Waals surface area contributed by atoms with Gasteiger partial charge in [0.1, 0.15) is 5.84 Å². The molecule has 5 N–H and O–H groups in total. The van der Waals surface area contributed by atoms with Crippen molar-refractivity contribution < 1.29 is 19.5 Å². The molecular formula is C18H22N4O4. The third kappa shape index (κ3) is 4.69. The lowest BCUT2D eigenvalue weighted by atomic mass is 10.0. The third-order valence-corrected chi connectivity index (χ3v) is 4.26. The number of hydrogen-bond acceptors (Lipinski definition) is 4. The zero-order chi connectivity index (χ0) is 19.3. The van der Waals surface area contributed by atoms with Gasteiger partial charge in [-0.3, -0.25) is 19.8 Å². The summed E-state index contributed by atoms with van der Waals surface area (Å²) in [7, 11) is 0. The topological polar surface area (TPSA) is 137 Å². The van der Waals surface area contributed by atoms with Crippen molar-refractivity contribution in [3.63, 3.8) is 0 Å². The molecule has 2 atom stereocenters. The first kappa shape index (κ1) is 19.2. The fourth-order valence-electron chi connectivity index (χ4n) is 2.88. The zero-order valence-corrected chi connectivity index (χ0v) is 14.3. The van der Waals surface area contributed by atoms with Crippen molar-refractivity contribution in [3.05, 3.63) is 42.5 Å². The Morgan fingerprint density at radius 3 is 2.62 bits per heavy atom. The molecule has 1 heterocycles. The molecule has 1 aromatic carbocycles. The fraction of sp³-hybridized carbons (Fsp3) is 0.333. The summed E-state index contributed by atoms with van der Waals surface area (Å²) in [5, 5.41) is 18.7. The van der Waals surface area contributed by atoms with Gasteiger partial charge < -0.3 is 21.1 Å². The monoisotopic (exact) mass is 358 g/mol. The highest BCUT2D eigenvalue weighted by Crippen LogP contribution is 2.27. The maximum absolute atomic E-state index is 12.6. The smallest absolute Gasteiger partial charge is 0.305 e. The van der Waals surface area contributed by atoms with Crippen LogP contribution in [0.5, 0.6) is 0 Å². The molecule has 1 aromatic rings. The zero-order valence-electron chi connectivity index (χ0n) is 14.3. The van der Waals surface area contributed by atoms with E-state index >= 15 is 0 Å². The first-order valence-electron chi connectivity index (χ1n) is 8.21. The van der Waals surface area contributed by atoms with Gasteiger partial charge in [-0.1, -0.05) is 6.08 Å². The molecule has 26 heavy (non-hydrogen) atoms. The summed E-state index contributed by atoms with van der Waals surface area (Å²) in [4.78, 5) is 37.0. The van der Waals surface area contributed by atoms with Crippen molar-refractivity contribution >= 4 is 29.3 Å². The number of amidine groups is 1. The van der Waals surface area contributed by atoms with Crippen LogP contribution in [0.25, 0.3) is 0 Å². The molecule has 0 aliphatic carbocycles. The highest BCUT2D eigenvalue weighted by atomic mass is 16.4. The van der Waals surface area contributed by atoms with Crippen molar-refractivity contribution in [2.45, 2.75) is 25.3 Å². The molecule has 0 spiro atoms. The van der Waals surface area contributed by atoms with Gasteiger partial charge in [-0.05, 0) is 30.7 Å². The van der Waals surface area contributed by atoms with Gasteiger partial charge in [0, 0.05) is 30.1 Å². The summed E-state index contributed by atoms with van der Waals surface area (Å²) in [5.74, 6) is -2.05. The van der Waals surface area contributed by atoms with Crippen LogP contribution in [0.15, 0.2) is 36.9 Å². The van der Waals surface area contributed by atoms with E-state index in [1.807, 2.05) is 0 Å². The number of carbonyl (C=O) groups is 3. The number of hydrogen-bond donors (Lipinski definition) is 4. The van der Waals surface area contributed by atoms with E-state index in [9.17, 15) is 14.4 Å². The first-order valence-corrected chi connectivity index (χ1v) is 8.21. The minimum absolute atomic E-state index is 0.00478. The van der Waals surface area contributed by atoms with Gasteiger partial charge in [0.2, 0.25) is 11.8 Å². The van der Waals surface area contributed by atoms with E-state index in [2.05, 4.69) is 11.9 Å². The summed E-state index contributed by atoms with van der Waals surface area (Å²) < 4.78 is 0. The second-order valence-electron chi connectivity index (χ2n) is 6.15. The average molecular weight is 358 g/mol. The Bertz CT molecular complexity index is 729. The molecule has 1 unspecified atom stereocenters. The third-order valence-electron chi connectivity index (χ3n) is 4.26. The van der Waals surface area contributed by atoms with Gasteiger partial charge in [-0.15, -0.1) is 6.58 Å². The summed E-state index contributed by atoms with van der Waals surface area (Å²) in [5.41, 5.74) is 6.68. The maximum Gasteiger partial charge on any atom is 0.305 e. The first-order chi connectivity index (χ1) is 12.3. The number of nitrogens with two attached hydrogens (primary N) is 1. The van der Waals surface area contributed by atoms with Crippen LogP contribution in [0.2, 0.25) is 0 Å². The van der Waals surface area contributed by atoms with Crippen LogP contribution in [-0.2, 0) is 14.4 Å². The predicted octanol–water partition coefficient (Wildman–Crippen LogP) is 0.859. The Kier molecular flexibility index (Phi) is 6.11. The van der Waals surface area contributed by atoms with Crippen molar-refractivity contribution in [1.29, 1.82) is 5.41 Å². The van der Waals surface area contributed by atoms with Crippen LogP contribution in [0.4, 0.5) is 5.69 Å². The van der Waals surface area contributed by atoms with Gasteiger partial charge in [-0.2, -0.15) is 0 Å². The summed E-state index contributed by atoms with van der Waals surface area (Å²) in [6, 6.07) is 6.12. The van der Waals surface area contributed by atoms with Gasteiger partial charge >= 0.3 is 5.97 Å². The number of amides is 2. The van der Waals surface area contributed by atoms with Crippen LogP contribution in [0.1, 0.15) is 24.8 Å². The number of nitrogen functional groups attached to an aromatic ring is 1. The molecular weight excluding hydrogens is 336 g/mol. The lowest BCUT2D eigenvalue weighted by Crippen LogP contribution is -2.37. The second kappa shape index (κ2) is 8.28. The molecule has 1 aliphatic heterocycles. The predicted molar refractivity (Wildman–Crippen MR) is 96.9 cm³/mol. The largest absolute Gasteiger partial charge is 0.481 e. The van der Waals surface area contributed by atoms with E-state index in [1.54, 1.807) is 29.2 Å². The number of nitrogens with zero attached hydrogens (tertiary/aromatic N) is 1. The molecule has 8 nitrogen and oxygen atoms in total. The fourth-order valence-corrected chi connectivity index (χ4v) is 2.88. The second-order valence-corrected chi connectivity index (χ2v) is 6.15. The van der Waals surface area contributed by atoms with Gasteiger partial charge in [0.05, 0.1) is 12.5 Å². The number of rotatable bonds is 8. The number of benzene rings is 1. The molecule has 1 saturated heterocycles. The minimum Gasteiger partial charge on any atom is -0.481 e. The van der Waals surface area contributed by atoms with Crippen LogP contribution in [0.3, 0.4) is 0 Å². The Labute approximate surface area is 151 Å². The van der Waals surface area contributed by atoms with E-state index < -0.39 is 17.9 Å². The van der Waals surface area contributed by atoms with Crippen LogP contribution < -0.4 is 16.0 Å². The molecule has 2 rings (SSSR count). The van der Waals surface area contributed by atoms with Gasteiger partial charge in [0.25, 0.3) is 0 Å². The molecule has 1 fully saturated rings. The number of nitrogens with one attached hydrogen (secondary N) is 2. The van der Waals surface area contributed by atoms with Crippen molar-refractivity contribution in [1.82, 2.24) is 5.32 Å². The van der Waals surface area contributed by atoms with Gasteiger partial charge in [0.15, 0.2) is 0 Å². The lowest BCUT2D eigenvalue weighted by Gasteiger charge is -2.18. The Morgan fingerprint density at radius 2 is 2.08 bits per heavy atom. The van der Waals surface area contributed by atoms with Gasteiger partial charge in [-0.25, -0.2) is 0 Å². The van der Waals surface area contributed by atoms with Crippen LogP contribution >= 0.6 is 0 Å². The van der Waals surface area contributed by atoms with E-state index in [1.165, 1.54) is 6.08 Å². The molecule has 0 saturated carbocycles. The molecule has 0 radical (unpaired) electrons. The molecule has 138 valence electrons. The van der Waals surface area contributed by atoms with E-state index in [0.717, 1.165) is 0 Å². The summed E-state index contributed by atoms with van der Waals surface area (Å²) in [6.45, 7) is 4.00. The highest BCUT2D eigenvalue weighted by molar-refractivity contribution is 6.00. The Hall–Kier alpha value is -3.16. The maximum atomic E-state index is 12.6. The quantitative estimate of drug-likeness (QED) is 0.310. The van der Waals surface area contributed by atoms with Crippen molar-refractivity contribution in [3.8, 4) is 0 Å². The number of anilines is 1. The molecule has 0 aromatic heterocycles. The lowest BCUT2D eigenvalue weighted by molar-refractivity contribution is -0.137. The molecule has 8 heteroatoms. The normalized spacial score (nSPS) is 17.6. The van der Waals surface area contributed by atoms with E-state index in [-0.39, 0.29) is 30.5 Å². The number of carboxylic acids is 1. The van der Waals surface area contributed by atoms with Crippen LogP contribution in [0, 0.1) is 11.3 Å². The SMILES string of the molecule is C=C[C@H](CC(=O)O)NC(=O)CC1CCN(c2ccc(C(=N)N)cc2)C1=O. The van der Waals surface area contributed by atoms with Crippen molar-refractivity contribution in [2.24, 2.45) is 11.7 Å². The Balaban J connectivity index is 1.95. The highest BCUT2D eigenvalue weighted by Gasteiger charge is 2.34. The molecule has 0 bridgehead atoms. The number of carboxylic acid groups (broad SMARTS) is 1. The molecule has 2 amide bonds. The average Bonchev–Trinajstić information content (AvgIpc) is 2.94. The summed E-state index contributed by atoms with van der Waals surface area (Å²) >= 11 is 0.